The van der Waals surface area contributed by atoms with Crippen LogP contribution in [-0.2, 0) is 14.8 Å². The van der Waals surface area contributed by atoms with E-state index in [1.165, 1.54) is 12.1 Å². The normalized spacial score (nSPS) is 15.9. The average Bonchev–Trinajstić information content (AvgIpc) is 3.10. The Morgan fingerprint density at radius 2 is 1.79 bits per heavy atom. The molecule has 3 rings (SSSR count). The summed E-state index contributed by atoms with van der Waals surface area (Å²) in [5.74, 6) is -0.415. The molecule has 0 spiro atoms. The van der Waals surface area contributed by atoms with Crippen LogP contribution >= 0.6 is 0 Å². The van der Waals surface area contributed by atoms with Gasteiger partial charge < -0.3 is 10.6 Å². The topological polar surface area (TPSA) is 117 Å². The summed E-state index contributed by atoms with van der Waals surface area (Å²) in [5, 5.41) is 5.58. The number of carbonyl (C=O) groups is 2. The van der Waals surface area contributed by atoms with Crippen LogP contribution in [0.4, 0.5) is 5.69 Å². The maximum atomic E-state index is 13.1. The Morgan fingerprint density at radius 3 is 2.53 bits per heavy atom. The highest BCUT2D eigenvalue weighted by Crippen LogP contribution is 2.18. The minimum absolute atomic E-state index is 0.0330. The summed E-state index contributed by atoms with van der Waals surface area (Å²) >= 11 is 0. The van der Waals surface area contributed by atoms with Gasteiger partial charge in [0.05, 0.1) is 4.90 Å². The van der Waals surface area contributed by atoms with Gasteiger partial charge in [-0.15, -0.1) is 0 Å². The van der Waals surface area contributed by atoms with E-state index in [2.05, 4.69) is 20.3 Å². The van der Waals surface area contributed by atoms with Crippen LogP contribution in [0.5, 0.6) is 0 Å². The zero-order chi connectivity index (χ0) is 24.6. The minimum Gasteiger partial charge on any atom is -0.340 e. The van der Waals surface area contributed by atoms with Crippen molar-refractivity contribution in [2.75, 3.05) is 11.9 Å². The average molecular weight is 485 g/mol. The maximum Gasteiger partial charge on any atom is 0.262 e. The molecule has 8 nitrogen and oxygen atoms in total. The first-order valence-corrected chi connectivity index (χ1v) is 13.1. The van der Waals surface area contributed by atoms with Crippen LogP contribution in [0, 0.1) is 5.92 Å². The third-order valence-corrected chi connectivity index (χ3v) is 7.24. The third kappa shape index (κ3) is 6.90. The monoisotopic (exact) mass is 484 g/mol. The molecular weight excluding hydrogens is 452 g/mol. The number of amidine groups is 1. The van der Waals surface area contributed by atoms with Crippen molar-refractivity contribution in [1.82, 2.24) is 10.0 Å². The second-order valence-corrected chi connectivity index (χ2v) is 10.1. The van der Waals surface area contributed by atoms with Crippen molar-refractivity contribution in [2.45, 2.75) is 56.9 Å². The number of benzene rings is 2. The smallest absolute Gasteiger partial charge is 0.262 e. The van der Waals surface area contributed by atoms with Gasteiger partial charge in [-0.3, -0.25) is 19.3 Å². The molecule has 0 radical (unpaired) electrons. The molecule has 0 saturated heterocycles. The molecule has 0 bridgehead atoms. The van der Waals surface area contributed by atoms with Crippen LogP contribution in [0.2, 0.25) is 0 Å². The van der Waals surface area contributed by atoms with Crippen molar-refractivity contribution in [3.8, 4) is 0 Å². The van der Waals surface area contributed by atoms with E-state index in [9.17, 15) is 18.0 Å². The lowest BCUT2D eigenvalue weighted by Gasteiger charge is -2.23. The standard InChI is InChI=1S/C25H32N4O4S/c1-3-18(2)23(28-24(30)19-11-6-4-7-12-19)25(31)27-20-13-10-14-21(17-20)34(32,33)29-22-15-8-5-9-16-26-22/h4,6-7,10-14,17-18,23H,3,5,8-9,15-16H2,1-2H3,(H,26,29)(H,27,31)(H,28,30)/t18-,23-/m0/s1. The zero-order valence-corrected chi connectivity index (χ0v) is 20.4. The predicted molar refractivity (Wildman–Crippen MR) is 133 cm³/mol. The molecule has 9 heteroatoms. The maximum absolute atomic E-state index is 13.1. The summed E-state index contributed by atoms with van der Waals surface area (Å²) in [5.41, 5.74) is 0.794. The Labute approximate surface area is 201 Å². The summed E-state index contributed by atoms with van der Waals surface area (Å²) in [7, 11) is -3.83. The van der Waals surface area contributed by atoms with Crippen molar-refractivity contribution >= 4 is 33.4 Å². The van der Waals surface area contributed by atoms with Gasteiger partial charge in [0, 0.05) is 24.2 Å². The van der Waals surface area contributed by atoms with Crippen LogP contribution in [0.25, 0.3) is 0 Å². The molecule has 2 aromatic carbocycles. The number of aliphatic imine (C=N–C) groups is 1. The van der Waals surface area contributed by atoms with Gasteiger partial charge in [0.15, 0.2) is 0 Å². The molecule has 0 unspecified atom stereocenters. The first-order chi connectivity index (χ1) is 16.3. The molecule has 2 atom stereocenters. The number of hydrogen-bond acceptors (Lipinski definition) is 5. The first-order valence-electron chi connectivity index (χ1n) is 11.6. The molecule has 1 heterocycles. The number of sulfonamides is 1. The van der Waals surface area contributed by atoms with Crippen molar-refractivity contribution in [3.05, 3.63) is 60.2 Å². The predicted octanol–water partition coefficient (Wildman–Crippen LogP) is 3.72. The van der Waals surface area contributed by atoms with E-state index < -0.39 is 22.0 Å². The fraction of sp³-hybridized carbons (Fsp3) is 0.400. The molecule has 2 aromatic rings. The Bertz CT molecular complexity index is 1130. The highest BCUT2D eigenvalue weighted by molar-refractivity contribution is 7.90. The Hall–Kier alpha value is -3.20. The number of rotatable bonds is 8. The Balaban J connectivity index is 1.74. The van der Waals surface area contributed by atoms with E-state index in [0.717, 1.165) is 19.3 Å². The molecule has 182 valence electrons. The van der Waals surface area contributed by atoms with Crippen molar-refractivity contribution in [1.29, 1.82) is 0 Å². The molecule has 3 N–H and O–H groups in total. The van der Waals surface area contributed by atoms with Crippen LogP contribution in [0.3, 0.4) is 0 Å². The molecular formula is C25H32N4O4S. The summed E-state index contributed by atoms with van der Waals surface area (Å²) in [4.78, 5) is 30.1. The van der Waals surface area contributed by atoms with Gasteiger partial charge in [-0.05, 0) is 49.1 Å². The molecule has 34 heavy (non-hydrogen) atoms. The van der Waals surface area contributed by atoms with Crippen LogP contribution in [0.15, 0.2) is 64.5 Å². The Kier molecular flexibility index (Phi) is 8.81. The number of amides is 2. The fourth-order valence-corrected chi connectivity index (χ4v) is 4.78. The number of carbonyl (C=O) groups excluding carboxylic acids is 2. The molecule has 2 amide bonds. The number of nitrogens with one attached hydrogen (secondary N) is 3. The summed E-state index contributed by atoms with van der Waals surface area (Å²) < 4.78 is 28.3. The van der Waals surface area contributed by atoms with Gasteiger partial charge >= 0.3 is 0 Å². The van der Waals surface area contributed by atoms with Gasteiger partial charge in [-0.1, -0.05) is 51.0 Å². The van der Waals surface area contributed by atoms with E-state index >= 15 is 0 Å². The summed E-state index contributed by atoms with van der Waals surface area (Å²) in [6.45, 7) is 4.43. The van der Waals surface area contributed by atoms with E-state index in [0.29, 0.717) is 36.5 Å². The summed E-state index contributed by atoms with van der Waals surface area (Å²) in [6.07, 6.45) is 4.13. The molecule has 0 aliphatic carbocycles. The lowest BCUT2D eigenvalue weighted by atomic mass is 9.97. The fourth-order valence-electron chi connectivity index (χ4n) is 3.65. The van der Waals surface area contributed by atoms with Crippen molar-refractivity contribution in [3.63, 3.8) is 0 Å². The largest absolute Gasteiger partial charge is 0.340 e. The molecule has 0 saturated carbocycles. The van der Waals surface area contributed by atoms with E-state index in [4.69, 9.17) is 0 Å². The van der Waals surface area contributed by atoms with Crippen LogP contribution < -0.4 is 15.4 Å². The lowest BCUT2D eigenvalue weighted by molar-refractivity contribution is -0.119. The highest BCUT2D eigenvalue weighted by atomic mass is 32.2. The highest BCUT2D eigenvalue weighted by Gasteiger charge is 2.27. The molecule has 0 aromatic heterocycles. The van der Waals surface area contributed by atoms with Gasteiger partial charge in [0.2, 0.25) is 5.91 Å². The van der Waals surface area contributed by atoms with Gasteiger partial charge in [-0.25, -0.2) is 8.42 Å². The van der Waals surface area contributed by atoms with Gasteiger partial charge in [0.25, 0.3) is 15.9 Å². The van der Waals surface area contributed by atoms with E-state index in [1.54, 1.807) is 36.4 Å². The summed E-state index contributed by atoms with van der Waals surface area (Å²) in [6, 6.07) is 14.0. The molecule has 1 aliphatic rings. The van der Waals surface area contributed by atoms with Gasteiger partial charge in [0.1, 0.15) is 11.9 Å². The quantitative estimate of drug-likeness (QED) is 0.529. The van der Waals surface area contributed by atoms with Gasteiger partial charge in [-0.2, -0.15) is 0 Å². The molecule has 1 aliphatic heterocycles. The van der Waals surface area contributed by atoms with E-state index in [1.807, 2.05) is 19.9 Å². The minimum atomic E-state index is -3.83. The second-order valence-electron chi connectivity index (χ2n) is 8.46. The number of nitrogens with zero attached hydrogens (tertiary/aromatic N) is 1. The van der Waals surface area contributed by atoms with Crippen LogP contribution in [-0.4, -0.2) is 38.7 Å². The van der Waals surface area contributed by atoms with Crippen molar-refractivity contribution < 1.29 is 18.0 Å². The third-order valence-electron chi connectivity index (χ3n) is 5.86. The lowest BCUT2D eigenvalue weighted by Crippen LogP contribution is -2.47. The zero-order valence-electron chi connectivity index (χ0n) is 19.6. The first kappa shape index (κ1) is 25.4. The Morgan fingerprint density at radius 1 is 1.03 bits per heavy atom. The van der Waals surface area contributed by atoms with Crippen molar-refractivity contribution in [2.24, 2.45) is 10.9 Å². The number of hydrogen-bond donors (Lipinski definition) is 3. The SMILES string of the molecule is CC[C@H](C)[C@H](NC(=O)c1ccccc1)C(=O)Nc1cccc(S(=O)(=O)NC2=NCCCCC2)c1. The number of anilines is 1. The van der Waals surface area contributed by atoms with E-state index in [-0.39, 0.29) is 16.7 Å². The second kappa shape index (κ2) is 11.8. The molecule has 0 fully saturated rings. The van der Waals surface area contributed by atoms with Crippen LogP contribution in [0.1, 0.15) is 56.3 Å².